The van der Waals surface area contributed by atoms with E-state index in [0.717, 1.165) is 11.1 Å². The molecule has 3 aromatic rings. The van der Waals surface area contributed by atoms with Crippen LogP contribution in [0.3, 0.4) is 0 Å². The number of halogens is 2. The minimum atomic E-state index is -0.814. The molecule has 194 valence electrons. The molecule has 37 heavy (non-hydrogen) atoms. The van der Waals surface area contributed by atoms with Crippen LogP contribution in [0.5, 0.6) is 11.5 Å². The summed E-state index contributed by atoms with van der Waals surface area (Å²) in [7, 11) is 1.56. The Balaban J connectivity index is 1.62. The van der Waals surface area contributed by atoms with E-state index in [9.17, 15) is 9.59 Å². The lowest BCUT2D eigenvalue weighted by Crippen LogP contribution is -2.48. The zero-order valence-electron chi connectivity index (χ0n) is 21.0. The number of benzene rings is 3. The van der Waals surface area contributed by atoms with Crippen molar-refractivity contribution in [2.24, 2.45) is 11.0 Å². The summed E-state index contributed by atoms with van der Waals surface area (Å²) in [5.41, 5.74) is 5.70. The Bertz CT molecular complexity index is 1290. The normalized spacial score (nSPS) is 11.9. The number of amides is 2. The van der Waals surface area contributed by atoms with Crippen LogP contribution in [-0.4, -0.2) is 31.2 Å². The van der Waals surface area contributed by atoms with Gasteiger partial charge in [0, 0.05) is 5.56 Å². The third kappa shape index (κ3) is 7.97. The van der Waals surface area contributed by atoms with Gasteiger partial charge >= 0.3 is 0 Å². The fourth-order valence-electron chi connectivity index (χ4n) is 3.48. The van der Waals surface area contributed by atoms with Gasteiger partial charge in [-0.25, -0.2) is 5.43 Å². The Kier molecular flexibility index (Phi) is 9.94. The van der Waals surface area contributed by atoms with Gasteiger partial charge in [0.15, 0.2) is 11.5 Å². The van der Waals surface area contributed by atoms with Crippen LogP contribution in [0.15, 0.2) is 65.8 Å². The van der Waals surface area contributed by atoms with Crippen molar-refractivity contribution in [2.75, 3.05) is 7.11 Å². The first kappa shape index (κ1) is 28.0. The molecule has 0 bridgehead atoms. The first-order chi connectivity index (χ1) is 17.7. The lowest BCUT2D eigenvalue weighted by Gasteiger charge is -2.20. The first-order valence-corrected chi connectivity index (χ1v) is 12.4. The number of hydrogen-bond donors (Lipinski definition) is 2. The monoisotopic (exact) mass is 541 g/mol. The van der Waals surface area contributed by atoms with Gasteiger partial charge in [0.2, 0.25) is 0 Å². The summed E-state index contributed by atoms with van der Waals surface area (Å²) in [6.07, 6.45) is 1.49. The Hall–Kier alpha value is -3.55. The highest BCUT2D eigenvalue weighted by molar-refractivity contribution is 6.42. The predicted molar refractivity (Wildman–Crippen MR) is 147 cm³/mol. The van der Waals surface area contributed by atoms with Crippen molar-refractivity contribution in [3.05, 3.63) is 93.0 Å². The van der Waals surface area contributed by atoms with Gasteiger partial charge in [-0.2, -0.15) is 5.10 Å². The molecule has 0 saturated carbocycles. The van der Waals surface area contributed by atoms with Crippen LogP contribution in [-0.2, 0) is 11.4 Å². The van der Waals surface area contributed by atoms with E-state index in [1.165, 1.54) is 18.3 Å². The molecule has 0 radical (unpaired) electrons. The topological polar surface area (TPSA) is 89.0 Å². The molecule has 2 N–H and O–H groups in total. The second-order valence-corrected chi connectivity index (χ2v) is 9.56. The molecule has 7 nitrogen and oxygen atoms in total. The summed E-state index contributed by atoms with van der Waals surface area (Å²) >= 11 is 11.9. The van der Waals surface area contributed by atoms with Crippen molar-refractivity contribution in [3.8, 4) is 11.5 Å². The van der Waals surface area contributed by atoms with Crippen LogP contribution in [0.25, 0.3) is 0 Å². The number of nitrogens with zero attached hydrogens (tertiary/aromatic N) is 1. The van der Waals surface area contributed by atoms with Crippen molar-refractivity contribution in [1.29, 1.82) is 0 Å². The summed E-state index contributed by atoms with van der Waals surface area (Å²) < 4.78 is 11.4. The summed E-state index contributed by atoms with van der Waals surface area (Å²) in [5, 5.41) is 7.37. The molecule has 3 aromatic carbocycles. The lowest BCUT2D eigenvalue weighted by molar-refractivity contribution is -0.123. The average Bonchev–Trinajstić information content (AvgIpc) is 2.87. The number of carbonyl (C=O) groups is 2. The molecule has 2 amide bonds. The predicted octanol–water partition coefficient (Wildman–Crippen LogP) is 5.79. The fourth-order valence-corrected chi connectivity index (χ4v) is 3.78. The molecular weight excluding hydrogens is 513 g/mol. The molecule has 0 saturated heterocycles. The van der Waals surface area contributed by atoms with Gasteiger partial charge in [-0.05, 0) is 60.4 Å². The van der Waals surface area contributed by atoms with Gasteiger partial charge in [-0.15, -0.1) is 0 Å². The second kappa shape index (κ2) is 13.1. The first-order valence-electron chi connectivity index (χ1n) is 11.6. The molecule has 0 fully saturated rings. The summed E-state index contributed by atoms with van der Waals surface area (Å²) in [5.74, 6) is 0.0472. The van der Waals surface area contributed by atoms with E-state index in [0.29, 0.717) is 34.3 Å². The Morgan fingerprint density at radius 1 is 1.00 bits per heavy atom. The molecule has 3 rings (SSSR count). The maximum atomic E-state index is 12.8. The Morgan fingerprint density at radius 3 is 2.46 bits per heavy atom. The Labute approximate surface area is 226 Å². The third-order valence-corrected chi connectivity index (χ3v) is 6.21. The van der Waals surface area contributed by atoms with Crippen LogP contribution >= 0.6 is 23.2 Å². The van der Waals surface area contributed by atoms with Crippen molar-refractivity contribution >= 4 is 41.2 Å². The number of aryl methyl sites for hydroxylation is 1. The largest absolute Gasteiger partial charge is 0.493 e. The number of nitrogens with one attached hydrogen (secondary N) is 2. The van der Waals surface area contributed by atoms with Gasteiger partial charge in [0.25, 0.3) is 11.8 Å². The number of hydrogen-bond acceptors (Lipinski definition) is 5. The summed E-state index contributed by atoms with van der Waals surface area (Å²) in [4.78, 5) is 25.4. The molecule has 9 heteroatoms. The SMILES string of the molecule is COc1cc(/C=N\NC(=O)C(NC(=O)c2ccc(Cl)c(Cl)c2)C(C)C)ccc1OCc1cccc(C)c1. The molecule has 0 heterocycles. The second-order valence-electron chi connectivity index (χ2n) is 8.75. The van der Waals surface area contributed by atoms with E-state index >= 15 is 0 Å². The molecular formula is C28H29Cl2N3O4. The van der Waals surface area contributed by atoms with E-state index < -0.39 is 17.9 Å². The van der Waals surface area contributed by atoms with Crippen molar-refractivity contribution in [1.82, 2.24) is 10.7 Å². The molecule has 0 aliphatic carbocycles. The maximum absolute atomic E-state index is 12.8. The van der Waals surface area contributed by atoms with Crippen molar-refractivity contribution in [2.45, 2.75) is 33.4 Å². The number of ether oxygens (including phenoxy) is 2. The van der Waals surface area contributed by atoms with E-state index in [2.05, 4.69) is 21.9 Å². The quantitative estimate of drug-likeness (QED) is 0.251. The van der Waals surface area contributed by atoms with E-state index in [-0.39, 0.29) is 10.9 Å². The fraction of sp³-hybridized carbons (Fsp3) is 0.250. The minimum Gasteiger partial charge on any atom is -0.493 e. The van der Waals surface area contributed by atoms with Gasteiger partial charge in [-0.1, -0.05) is 66.9 Å². The number of hydrazone groups is 1. The van der Waals surface area contributed by atoms with Gasteiger partial charge in [0.05, 0.1) is 23.4 Å². The molecule has 0 spiro atoms. The summed E-state index contributed by atoms with van der Waals surface area (Å²) in [6, 6.07) is 17.1. The minimum absolute atomic E-state index is 0.188. The number of methoxy groups -OCH3 is 1. The van der Waals surface area contributed by atoms with Crippen LogP contribution in [0.4, 0.5) is 0 Å². The van der Waals surface area contributed by atoms with E-state index in [1.54, 1.807) is 31.4 Å². The highest BCUT2D eigenvalue weighted by Crippen LogP contribution is 2.28. The van der Waals surface area contributed by atoms with Crippen LogP contribution in [0.1, 0.15) is 40.9 Å². The standard InChI is InChI=1S/C28H29Cl2N3O4/c1-17(2)26(32-27(34)21-9-10-22(29)23(30)14-21)28(35)33-31-15-19-8-11-24(25(13-19)36-4)37-16-20-7-5-6-18(3)12-20/h5-15,17,26H,16H2,1-4H3,(H,32,34)(H,33,35)/b31-15-. The van der Waals surface area contributed by atoms with Crippen molar-refractivity contribution in [3.63, 3.8) is 0 Å². The van der Waals surface area contributed by atoms with Crippen LogP contribution in [0, 0.1) is 12.8 Å². The lowest BCUT2D eigenvalue weighted by atomic mass is 10.0. The summed E-state index contributed by atoms with van der Waals surface area (Å²) in [6.45, 7) is 6.09. The molecule has 0 aliphatic rings. The highest BCUT2D eigenvalue weighted by atomic mass is 35.5. The smallest absolute Gasteiger partial charge is 0.262 e. The zero-order valence-corrected chi connectivity index (χ0v) is 22.6. The van der Waals surface area contributed by atoms with Gasteiger partial charge in [-0.3, -0.25) is 9.59 Å². The van der Waals surface area contributed by atoms with Crippen molar-refractivity contribution < 1.29 is 19.1 Å². The van der Waals surface area contributed by atoms with Gasteiger partial charge < -0.3 is 14.8 Å². The highest BCUT2D eigenvalue weighted by Gasteiger charge is 2.24. The average molecular weight is 542 g/mol. The van der Waals surface area contributed by atoms with E-state index in [4.69, 9.17) is 32.7 Å². The molecule has 1 unspecified atom stereocenters. The molecule has 0 aromatic heterocycles. The van der Waals surface area contributed by atoms with Crippen LogP contribution < -0.4 is 20.2 Å². The van der Waals surface area contributed by atoms with Crippen LogP contribution in [0.2, 0.25) is 10.0 Å². The number of carbonyl (C=O) groups excluding carboxylic acids is 2. The van der Waals surface area contributed by atoms with E-state index in [1.807, 2.05) is 39.0 Å². The third-order valence-electron chi connectivity index (χ3n) is 5.47. The van der Waals surface area contributed by atoms with Gasteiger partial charge in [0.1, 0.15) is 12.6 Å². The Morgan fingerprint density at radius 2 is 1.78 bits per heavy atom. The zero-order chi connectivity index (χ0) is 26.9. The molecule has 1 atom stereocenters. The molecule has 0 aliphatic heterocycles. The number of rotatable bonds is 10. The maximum Gasteiger partial charge on any atom is 0.262 e.